The Balaban J connectivity index is 1.59. The third-order valence-electron chi connectivity index (χ3n) is 6.72. The van der Waals surface area contributed by atoms with E-state index in [4.69, 9.17) is 14.2 Å². The van der Waals surface area contributed by atoms with E-state index in [-0.39, 0.29) is 24.5 Å². The van der Waals surface area contributed by atoms with Crippen LogP contribution in [0.1, 0.15) is 49.4 Å². The smallest absolute Gasteiger partial charge is 0.410 e. The molecular formula is C31H41N3O9S. The number of aryl methyl sites for hydroxylation is 3. The molecule has 1 aliphatic rings. The first kappa shape index (κ1) is 34.7. The minimum absolute atomic E-state index is 0.0416. The second kappa shape index (κ2) is 14.8. The Morgan fingerprint density at radius 3 is 2.30 bits per heavy atom. The highest BCUT2D eigenvalue weighted by atomic mass is 32.2. The van der Waals surface area contributed by atoms with Crippen molar-refractivity contribution in [2.45, 2.75) is 83.3 Å². The summed E-state index contributed by atoms with van der Waals surface area (Å²) in [6.45, 7) is 9.35. The second-order valence-electron chi connectivity index (χ2n) is 11.8. The van der Waals surface area contributed by atoms with Gasteiger partial charge in [0.1, 0.15) is 31.1 Å². The summed E-state index contributed by atoms with van der Waals surface area (Å²) < 4.78 is 45.5. The Morgan fingerprint density at radius 1 is 1.07 bits per heavy atom. The molecule has 2 aromatic rings. The molecule has 12 nitrogen and oxygen atoms in total. The number of nitrogens with one attached hydrogen (secondary N) is 2. The van der Waals surface area contributed by atoms with Gasteiger partial charge in [-0.1, -0.05) is 48.0 Å². The van der Waals surface area contributed by atoms with Crippen molar-refractivity contribution in [1.29, 1.82) is 0 Å². The van der Waals surface area contributed by atoms with Crippen molar-refractivity contribution in [3.63, 3.8) is 0 Å². The van der Waals surface area contributed by atoms with Crippen molar-refractivity contribution >= 4 is 34.3 Å². The maximum atomic E-state index is 13.4. The number of aldehydes is 1. The molecular weight excluding hydrogens is 590 g/mol. The highest BCUT2D eigenvalue weighted by molar-refractivity contribution is 7.89. The lowest BCUT2D eigenvalue weighted by Crippen LogP contribution is -2.51. The zero-order valence-corrected chi connectivity index (χ0v) is 26.7. The normalized spacial score (nSPS) is 17.5. The molecule has 240 valence electrons. The molecule has 2 N–H and O–H groups in total. The summed E-state index contributed by atoms with van der Waals surface area (Å²) in [6.07, 6.45) is -0.490. The van der Waals surface area contributed by atoms with E-state index in [0.717, 1.165) is 11.1 Å². The average Bonchev–Trinajstić information content (AvgIpc) is 3.35. The number of hydrogen-bond donors (Lipinski definition) is 2. The third-order valence-corrected chi connectivity index (χ3v) is 8.49. The highest BCUT2D eigenvalue weighted by Crippen LogP contribution is 2.23. The van der Waals surface area contributed by atoms with Crippen LogP contribution in [0.25, 0.3) is 0 Å². The molecule has 0 spiro atoms. The van der Waals surface area contributed by atoms with Gasteiger partial charge in [0.15, 0.2) is 0 Å². The Hall–Kier alpha value is -3.81. The monoisotopic (exact) mass is 631 g/mol. The van der Waals surface area contributed by atoms with Crippen molar-refractivity contribution in [1.82, 2.24) is 14.9 Å². The van der Waals surface area contributed by atoms with Gasteiger partial charge in [0, 0.05) is 13.0 Å². The number of likely N-dealkylation sites (tertiary alicyclic amines) is 1. The molecule has 3 atom stereocenters. The predicted molar refractivity (Wildman–Crippen MR) is 161 cm³/mol. The van der Waals surface area contributed by atoms with Crippen molar-refractivity contribution in [2.75, 3.05) is 19.7 Å². The Bertz CT molecular complexity index is 1430. The van der Waals surface area contributed by atoms with Crippen LogP contribution in [0.15, 0.2) is 47.4 Å². The fourth-order valence-corrected chi connectivity index (χ4v) is 6.57. The number of benzene rings is 2. The lowest BCUT2D eigenvalue weighted by atomic mass is 10.1. The van der Waals surface area contributed by atoms with Gasteiger partial charge in [-0.3, -0.25) is 14.5 Å². The van der Waals surface area contributed by atoms with Crippen LogP contribution in [0.2, 0.25) is 0 Å². The lowest BCUT2D eigenvalue weighted by Gasteiger charge is -2.25. The molecule has 44 heavy (non-hydrogen) atoms. The molecule has 0 aromatic heterocycles. The van der Waals surface area contributed by atoms with Crippen LogP contribution in [-0.2, 0) is 45.2 Å². The number of carbonyl (C=O) groups excluding carboxylic acids is 4. The van der Waals surface area contributed by atoms with Gasteiger partial charge in [0.2, 0.25) is 15.9 Å². The zero-order valence-electron chi connectivity index (χ0n) is 25.9. The quantitative estimate of drug-likeness (QED) is 0.266. The van der Waals surface area contributed by atoms with Gasteiger partial charge in [0.25, 0.3) is 0 Å². The van der Waals surface area contributed by atoms with E-state index < -0.39 is 64.9 Å². The molecule has 0 saturated carbocycles. The Labute approximate surface area is 258 Å². The van der Waals surface area contributed by atoms with Gasteiger partial charge < -0.3 is 24.3 Å². The van der Waals surface area contributed by atoms with Gasteiger partial charge >= 0.3 is 12.1 Å². The number of nitrogens with zero attached hydrogens (tertiary/aromatic N) is 1. The maximum absolute atomic E-state index is 13.4. The SMILES string of the molecule is Cc1cc(C)c(S(=O)(=O)N[C@@H](CNC(=O)CO[C@@H]2C[C@@H](C=O)N(C(=O)OCc3ccccc3)C2)C(=O)OC(C)(C)C)c(C)c1. The fraction of sp³-hybridized carbons (Fsp3) is 0.484. The molecule has 0 radical (unpaired) electrons. The van der Waals surface area contributed by atoms with E-state index in [9.17, 15) is 27.6 Å². The van der Waals surface area contributed by atoms with Crippen LogP contribution in [-0.4, -0.2) is 81.1 Å². The lowest BCUT2D eigenvalue weighted by molar-refractivity contribution is -0.156. The predicted octanol–water partition coefficient (Wildman–Crippen LogP) is 2.71. The van der Waals surface area contributed by atoms with Crippen LogP contribution in [0.3, 0.4) is 0 Å². The third kappa shape index (κ3) is 9.86. The van der Waals surface area contributed by atoms with Gasteiger partial charge in [0.05, 0.1) is 23.6 Å². The first-order valence-corrected chi connectivity index (χ1v) is 15.7. The molecule has 1 heterocycles. The van der Waals surface area contributed by atoms with Crippen LogP contribution in [0.4, 0.5) is 4.79 Å². The van der Waals surface area contributed by atoms with Gasteiger partial charge in [-0.25, -0.2) is 13.2 Å². The molecule has 0 bridgehead atoms. The van der Waals surface area contributed by atoms with Gasteiger partial charge in [-0.2, -0.15) is 4.72 Å². The summed E-state index contributed by atoms with van der Waals surface area (Å²) in [5.41, 5.74) is 1.80. The summed E-state index contributed by atoms with van der Waals surface area (Å²) in [5, 5.41) is 2.52. The topological polar surface area (TPSA) is 157 Å². The second-order valence-corrected chi connectivity index (χ2v) is 13.5. The average molecular weight is 632 g/mol. The fourth-order valence-electron chi connectivity index (χ4n) is 4.93. The van der Waals surface area contributed by atoms with Crippen molar-refractivity contribution < 1.29 is 41.8 Å². The molecule has 2 aromatic carbocycles. The maximum Gasteiger partial charge on any atom is 0.410 e. The molecule has 0 aliphatic carbocycles. The standard InChI is InChI=1S/C31H41N3O9S/c1-20-12-21(2)28(22(3)13-20)44(39,40)33-26(29(37)43-31(4,5)6)15-32-27(36)19-41-25-14-24(17-35)34(16-25)30(38)42-18-23-10-8-7-9-11-23/h7-13,17,24-26,33H,14-16,18-19H2,1-6H3,(H,32,36)/t24-,25+,26-/m0/s1. The summed E-state index contributed by atoms with van der Waals surface area (Å²) in [7, 11) is -4.17. The molecule has 1 saturated heterocycles. The summed E-state index contributed by atoms with van der Waals surface area (Å²) in [5.74, 6) is -1.49. The first-order valence-electron chi connectivity index (χ1n) is 14.2. The number of amides is 2. The number of hydrogen-bond acceptors (Lipinski definition) is 9. The number of carbonyl (C=O) groups is 4. The molecule has 1 aliphatic heterocycles. The summed E-state index contributed by atoms with van der Waals surface area (Å²) in [4.78, 5) is 51.2. The molecule has 0 unspecified atom stereocenters. The van der Waals surface area contributed by atoms with E-state index in [2.05, 4.69) is 10.0 Å². The highest BCUT2D eigenvalue weighted by Gasteiger charge is 2.37. The summed E-state index contributed by atoms with van der Waals surface area (Å²) in [6, 6.07) is 10.4. The molecule has 2 amide bonds. The van der Waals surface area contributed by atoms with Gasteiger partial charge in [-0.15, -0.1) is 0 Å². The van der Waals surface area contributed by atoms with E-state index in [1.165, 1.54) is 4.90 Å². The van der Waals surface area contributed by atoms with Gasteiger partial charge in [-0.05, 0) is 58.2 Å². The largest absolute Gasteiger partial charge is 0.459 e. The van der Waals surface area contributed by atoms with Crippen molar-refractivity contribution in [3.05, 3.63) is 64.7 Å². The number of sulfonamides is 1. The molecule has 3 rings (SSSR count). The van der Waals surface area contributed by atoms with Crippen LogP contribution in [0, 0.1) is 20.8 Å². The van der Waals surface area contributed by atoms with Crippen LogP contribution >= 0.6 is 0 Å². The number of ether oxygens (including phenoxy) is 3. The number of rotatable bonds is 12. The minimum atomic E-state index is -4.17. The van der Waals surface area contributed by atoms with E-state index in [0.29, 0.717) is 17.4 Å². The van der Waals surface area contributed by atoms with Crippen molar-refractivity contribution in [2.24, 2.45) is 0 Å². The van der Waals surface area contributed by atoms with Crippen LogP contribution in [0.5, 0.6) is 0 Å². The first-order chi connectivity index (χ1) is 20.6. The summed E-state index contributed by atoms with van der Waals surface area (Å²) >= 11 is 0. The van der Waals surface area contributed by atoms with E-state index in [1.807, 2.05) is 37.3 Å². The van der Waals surface area contributed by atoms with Crippen LogP contribution < -0.4 is 10.0 Å². The van der Waals surface area contributed by atoms with Crippen molar-refractivity contribution in [3.8, 4) is 0 Å². The van der Waals surface area contributed by atoms with E-state index >= 15 is 0 Å². The van der Waals surface area contributed by atoms with E-state index in [1.54, 1.807) is 46.8 Å². The molecule has 13 heteroatoms. The zero-order chi connectivity index (χ0) is 32.7. The molecule has 1 fully saturated rings. The minimum Gasteiger partial charge on any atom is -0.459 e. The number of esters is 1. The Kier molecular flexibility index (Phi) is 11.6. The Morgan fingerprint density at radius 2 is 1.70 bits per heavy atom.